The van der Waals surface area contributed by atoms with Crippen LogP contribution in [0.1, 0.15) is 149 Å². The van der Waals surface area contributed by atoms with Crippen LogP contribution in [0.25, 0.3) is 0 Å². The average molecular weight is 871 g/mol. The molecule has 7 aliphatic rings. The number of hydrogen-bond acceptors (Lipinski definition) is 8. The zero-order chi connectivity index (χ0) is 43.0. The van der Waals surface area contributed by atoms with Crippen molar-refractivity contribution in [3.8, 4) is 0 Å². The number of fused-ring (bicyclic) bond motifs is 9. The number of ketones is 1. The Kier molecular flexibility index (Phi) is 12.2. The number of carbonyl (C=O) groups is 1. The number of aliphatic hydroxyl groups excluding tert-OH is 3. The molecule has 0 amide bonds. The van der Waals surface area contributed by atoms with Gasteiger partial charge in [0, 0.05) is 46.7 Å². The summed E-state index contributed by atoms with van der Waals surface area (Å²) in [6.07, 6.45) is 22.1. The quantitative estimate of drug-likeness (QED) is 0.177. The number of carbonyl (C=O) groups excluding carboxylic acids is 1. The average Bonchev–Trinajstić information content (AvgIpc) is 3.98. The number of imidazole rings is 1. The standard InChI is InChI=1S/C52H74N2O5S2/c1-33-38-24-42(52(59)40-26-44(56)41-27-45(57)46(58)30-49(41,4)37(40)17-21-50(38,52)5)47(16-15-34-12-7-6-8-13-34)61-60-31-36(54-23-22-53-32-54)29-48(2,3)39(25-43(33)55)35-14-11-20-51(28-35)18-9-10-19-51/h6-8,12-13,22-23,26,32-33,36-38,41-43,45-47,55,57-59H,9-11,14-21,24-25,27-31H2,1-5H3/b39-35+/t33-,36-,37-,38+,41-,42-,43+,45+,46-,47-,49+,50+,52-/m0/s1. The summed E-state index contributed by atoms with van der Waals surface area (Å²) in [4.78, 5) is 19.0. The number of hydrogen-bond donors (Lipinski definition) is 4. The summed E-state index contributed by atoms with van der Waals surface area (Å²) >= 11 is 0. The van der Waals surface area contributed by atoms with E-state index in [0.717, 1.165) is 56.3 Å². The highest BCUT2D eigenvalue weighted by molar-refractivity contribution is 8.76. The summed E-state index contributed by atoms with van der Waals surface area (Å²) in [5.74, 6) is 0.300. The lowest BCUT2D eigenvalue weighted by molar-refractivity contribution is -0.159. The molecule has 1 aromatic heterocycles. The van der Waals surface area contributed by atoms with Crippen molar-refractivity contribution in [3.05, 3.63) is 77.4 Å². The summed E-state index contributed by atoms with van der Waals surface area (Å²) in [7, 11) is 3.90. The van der Waals surface area contributed by atoms with Gasteiger partial charge in [-0.2, -0.15) is 0 Å². The second kappa shape index (κ2) is 16.8. The SMILES string of the molecule is C[C@@H]1[C@H](O)C/C(=C2/CCCC3(CCCC3)C2)C(C)(C)C[C@H](n2ccnc2)CSS[C@@H](CCc2ccccc2)[C@@H]2C[C@H]1[C@@]1(C)CC[C@H]3C(=CC(=O)[C@@H]4C[C@@H](O)[C@@H](O)C[C@@]43C)[C@]21O. The van der Waals surface area contributed by atoms with Gasteiger partial charge < -0.3 is 25.0 Å². The Morgan fingerprint density at radius 1 is 0.885 bits per heavy atom. The van der Waals surface area contributed by atoms with Crippen LogP contribution >= 0.6 is 21.6 Å². The van der Waals surface area contributed by atoms with Gasteiger partial charge in [0.2, 0.25) is 0 Å². The third-order valence-electron chi connectivity index (χ3n) is 18.8. The maximum Gasteiger partial charge on any atom is 0.159 e. The van der Waals surface area contributed by atoms with Crippen LogP contribution in [0.4, 0.5) is 0 Å². The van der Waals surface area contributed by atoms with E-state index in [1.165, 1.54) is 56.1 Å². The van der Waals surface area contributed by atoms with Gasteiger partial charge in [0.1, 0.15) is 0 Å². The van der Waals surface area contributed by atoms with Crippen LogP contribution in [0, 0.1) is 51.2 Å². The van der Waals surface area contributed by atoms with Crippen LogP contribution in [0.5, 0.6) is 0 Å². The molecule has 6 aliphatic carbocycles. The molecule has 2 bridgehead atoms. The first-order valence-corrected chi connectivity index (χ1v) is 26.5. The predicted molar refractivity (Wildman–Crippen MR) is 248 cm³/mol. The Morgan fingerprint density at radius 3 is 2.38 bits per heavy atom. The lowest BCUT2D eigenvalue weighted by atomic mass is 9.45. The normalized spacial score (nSPS) is 43.8. The molecular formula is C52H74N2O5S2. The number of allylic oxidation sites excluding steroid dienone is 2. The molecule has 61 heavy (non-hydrogen) atoms. The first kappa shape index (κ1) is 44.3. The minimum absolute atomic E-state index is 0.00407. The second-order valence-electron chi connectivity index (χ2n) is 22.5. The summed E-state index contributed by atoms with van der Waals surface area (Å²) < 4.78 is 2.31. The number of aryl methyl sites for hydroxylation is 1. The summed E-state index contributed by atoms with van der Waals surface area (Å²) in [6.45, 7) is 11.6. The van der Waals surface area contributed by atoms with Crippen LogP contribution in [0.2, 0.25) is 0 Å². The number of benzene rings is 1. The first-order chi connectivity index (χ1) is 29.1. The van der Waals surface area contributed by atoms with Gasteiger partial charge >= 0.3 is 0 Å². The molecule has 1 aliphatic heterocycles. The molecule has 0 unspecified atom stereocenters. The molecule has 2 heterocycles. The van der Waals surface area contributed by atoms with Crippen LogP contribution in [-0.4, -0.2) is 70.7 Å². The van der Waals surface area contributed by atoms with Crippen molar-refractivity contribution in [3.63, 3.8) is 0 Å². The molecule has 9 heteroatoms. The van der Waals surface area contributed by atoms with Gasteiger partial charge in [-0.25, -0.2) is 4.98 Å². The topological polar surface area (TPSA) is 116 Å². The number of aliphatic hydroxyl groups is 4. The molecule has 1 spiro atoms. The van der Waals surface area contributed by atoms with E-state index < -0.39 is 34.7 Å². The Balaban J connectivity index is 1.16. The Bertz CT molecular complexity index is 1960. The van der Waals surface area contributed by atoms with Crippen molar-refractivity contribution < 1.29 is 25.2 Å². The van der Waals surface area contributed by atoms with Gasteiger partial charge in [-0.05, 0) is 148 Å². The highest BCUT2D eigenvalue weighted by Gasteiger charge is 2.71. The molecule has 5 saturated carbocycles. The van der Waals surface area contributed by atoms with Crippen molar-refractivity contribution in [1.29, 1.82) is 0 Å². The summed E-state index contributed by atoms with van der Waals surface area (Å²) in [6, 6.07) is 10.9. The van der Waals surface area contributed by atoms with Gasteiger partial charge in [-0.15, -0.1) is 0 Å². The molecule has 4 N–H and O–H groups in total. The van der Waals surface area contributed by atoms with E-state index >= 15 is 0 Å². The molecule has 334 valence electrons. The molecule has 1 saturated heterocycles. The second-order valence-corrected chi connectivity index (χ2v) is 25.2. The van der Waals surface area contributed by atoms with Gasteiger partial charge in [-0.1, -0.05) is 111 Å². The maximum atomic E-state index is 14.4. The molecule has 6 fully saturated rings. The van der Waals surface area contributed by atoms with E-state index in [4.69, 9.17) is 0 Å². The molecule has 1 aromatic carbocycles. The van der Waals surface area contributed by atoms with E-state index in [1.807, 2.05) is 40.2 Å². The van der Waals surface area contributed by atoms with E-state index in [2.05, 4.69) is 80.7 Å². The van der Waals surface area contributed by atoms with Crippen molar-refractivity contribution >= 4 is 27.4 Å². The fraction of sp³-hybridized carbons (Fsp3) is 0.731. The summed E-state index contributed by atoms with van der Waals surface area (Å²) in [5.41, 5.74) is 3.18. The molecule has 9 rings (SSSR count). The monoisotopic (exact) mass is 871 g/mol. The van der Waals surface area contributed by atoms with Gasteiger partial charge in [-0.3, -0.25) is 4.79 Å². The van der Waals surface area contributed by atoms with Crippen molar-refractivity contribution in [2.24, 2.45) is 51.2 Å². The lowest BCUT2D eigenvalue weighted by Gasteiger charge is -2.61. The lowest BCUT2D eigenvalue weighted by Crippen LogP contribution is -2.63. The first-order valence-electron chi connectivity index (χ1n) is 24.1. The Hall–Kier alpha value is -1.88. The molecule has 13 atom stereocenters. The number of rotatable bonds is 4. The molecule has 2 aromatic rings. The third-order valence-corrected chi connectivity index (χ3v) is 21.8. The number of aromatic nitrogens is 2. The van der Waals surface area contributed by atoms with E-state index in [-0.39, 0.29) is 58.5 Å². The van der Waals surface area contributed by atoms with Crippen LogP contribution in [0.15, 0.2) is 71.8 Å². The Labute approximate surface area is 373 Å². The summed E-state index contributed by atoms with van der Waals surface area (Å²) in [5, 5.41) is 49.2. The molecule has 7 nitrogen and oxygen atoms in total. The molecular weight excluding hydrogens is 797 g/mol. The highest BCUT2D eigenvalue weighted by atomic mass is 33.1. The zero-order valence-corrected chi connectivity index (χ0v) is 39.2. The Morgan fingerprint density at radius 2 is 1.64 bits per heavy atom. The van der Waals surface area contributed by atoms with E-state index in [1.54, 1.807) is 5.57 Å². The predicted octanol–water partition coefficient (Wildman–Crippen LogP) is 10.5. The van der Waals surface area contributed by atoms with Crippen molar-refractivity contribution in [1.82, 2.24) is 9.55 Å². The van der Waals surface area contributed by atoms with Gasteiger partial charge in [0.05, 0.1) is 30.2 Å². The third kappa shape index (κ3) is 7.71. The van der Waals surface area contributed by atoms with Crippen molar-refractivity contribution in [2.45, 2.75) is 179 Å². The van der Waals surface area contributed by atoms with E-state index in [0.29, 0.717) is 18.3 Å². The van der Waals surface area contributed by atoms with Crippen LogP contribution in [0.3, 0.4) is 0 Å². The van der Waals surface area contributed by atoms with Crippen LogP contribution < -0.4 is 0 Å². The fourth-order valence-electron chi connectivity index (χ4n) is 15.4. The van der Waals surface area contributed by atoms with Crippen molar-refractivity contribution in [2.75, 3.05) is 5.75 Å². The van der Waals surface area contributed by atoms with Gasteiger partial charge in [0.15, 0.2) is 5.78 Å². The fourth-order valence-corrected chi connectivity index (χ4v) is 18.7. The highest BCUT2D eigenvalue weighted by Crippen LogP contribution is 2.71. The minimum Gasteiger partial charge on any atom is -0.393 e. The van der Waals surface area contributed by atoms with Gasteiger partial charge in [0.25, 0.3) is 0 Å². The van der Waals surface area contributed by atoms with Crippen LogP contribution in [-0.2, 0) is 11.2 Å². The zero-order valence-electron chi connectivity index (χ0n) is 37.6. The smallest absolute Gasteiger partial charge is 0.159 e. The van der Waals surface area contributed by atoms with E-state index in [9.17, 15) is 25.2 Å². The maximum absolute atomic E-state index is 14.4. The largest absolute Gasteiger partial charge is 0.393 e. The molecule has 0 radical (unpaired) electrons. The minimum atomic E-state index is -1.27. The number of nitrogens with zero attached hydrogens (tertiary/aromatic N) is 2.